The van der Waals surface area contributed by atoms with Crippen LogP contribution in [0.3, 0.4) is 0 Å². The average Bonchev–Trinajstić information content (AvgIpc) is 2.97. The summed E-state index contributed by atoms with van der Waals surface area (Å²) in [6.45, 7) is 9.06. The Kier molecular flexibility index (Phi) is 14.9. The molecule has 44 heavy (non-hydrogen) atoms. The van der Waals surface area contributed by atoms with E-state index >= 15 is 0 Å². The van der Waals surface area contributed by atoms with Gasteiger partial charge >= 0.3 is 5.97 Å². The van der Waals surface area contributed by atoms with Crippen LogP contribution in [0, 0.1) is 11.8 Å². The third-order valence-corrected chi connectivity index (χ3v) is 6.29. The first-order chi connectivity index (χ1) is 21.2. The molecule has 1 aliphatic heterocycles. The molecule has 0 fully saturated rings. The summed E-state index contributed by atoms with van der Waals surface area (Å²) in [5.74, 6) is 5.86. The van der Waals surface area contributed by atoms with Crippen molar-refractivity contribution in [3.05, 3.63) is 65.2 Å². The van der Waals surface area contributed by atoms with E-state index in [2.05, 4.69) is 17.2 Å². The fourth-order valence-electron chi connectivity index (χ4n) is 4.21. The van der Waals surface area contributed by atoms with Gasteiger partial charge in [-0.15, -0.1) is 0 Å². The van der Waals surface area contributed by atoms with Gasteiger partial charge < -0.3 is 33.9 Å². The van der Waals surface area contributed by atoms with E-state index in [0.717, 1.165) is 22.4 Å². The van der Waals surface area contributed by atoms with Gasteiger partial charge in [0.1, 0.15) is 5.60 Å². The Balaban J connectivity index is 1.19. The number of rotatable bonds is 18. The van der Waals surface area contributed by atoms with E-state index in [1.54, 1.807) is 4.90 Å². The van der Waals surface area contributed by atoms with Crippen LogP contribution in [0.2, 0.25) is 0 Å². The zero-order valence-corrected chi connectivity index (χ0v) is 26.0. The minimum atomic E-state index is -0.491. The summed E-state index contributed by atoms with van der Waals surface area (Å²) < 4.78 is 26.9. The van der Waals surface area contributed by atoms with Crippen LogP contribution in [0.15, 0.2) is 48.5 Å². The van der Waals surface area contributed by atoms with Crippen molar-refractivity contribution in [2.24, 2.45) is 0 Å². The second kappa shape index (κ2) is 18.8. The Labute approximate surface area is 260 Å². The summed E-state index contributed by atoms with van der Waals surface area (Å²) in [7, 11) is 0. The van der Waals surface area contributed by atoms with E-state index in [9.17, 15) is 14.4 Å². The maximum atomic E-state index is 13.2. The van der Waals surface area contributed by atoms with Gasteiger partial charge in [-0.1, -0.05) is 42.2 Å². The first kappa shape index (κ1) is 34.7. The number of nitrogens with zero attached hydrogens (tertiary/aromatic N) is 1. The van der Waals surface area contributed by atoms with Gasteiger partial charge in [-0.2, -0.15) is 0 Å². The summed E-state index contributed by atoms with van der Waals surface area (Å²) in [6.07, 6.45) is 0.577. The third-order valence-electron chi connectivity index (χ3n) is 6.29. The van der Waals surface area contributed by atoms with Crippen molar-refractivity contribution in [1.29, 1.82) is 0 Å². The van der Waals surface area contributed by atoms with E-state index in [1.165, 1.54) is 0 Å². The van der Waals surface area contributed by atoms with E-state index in [1.807, 2.05) is 69.3 Å². The standard InChI is InChI=1S/C34H44N2O8/c1-34(2,3)44-33(39)16-19-41-21-23-43-25-24-42-22-20-40-18-15-31(37)35-17-14-32(38)36-26-29-10-5-4-8-27(29)12-13-28-9-6-7-11-30(28)36/h4-11H,14-26H2,1-3H3,(H,35,37). The number of para-hydroxylation sites is 1. The highest BCUT2D eigenvalue weighted by molar-refractivity contribution is 5.95. The van der Waals surface area contributed by atoms with Gasteiger partial charge in [0.25, 0.3) is 0 Å². The highest BCUT2D eigenvalue weighted by atomic mass is 16.6. The third kappa shape index (κ3) is 13.3. The predicted molar refractivity (Wildman–Crippen MR) is 166 cm³/mol. The molecule has 0 aromatic heterocycles. The molecule has 1 heterocycles. The van der Waals surface area contributed by atoms with Crippen LogP contribution in [0.4, 0.5) is 5.69 Å². The monoisotopic (exact) mass is 608 g/mol. The fourth-order valence-corrected chi connectivity index (χ4v) is 4.21. The highest BCUT2D eigenvalue weighted by Crippen LogP contribution is 2.25. The van der Waals surface area contributed by atoms with Gasteiger partial charge in [0.05, 0.1) is 71.5 Å². The first-order valence-electron chi connectivity index (χ1n) is 15.0. The molecular weight excluding hydrogens is 564 g/mol. The molecule has 0 aliphatic carbocycles. The van der Waals surface area contributed by atoms with Gasteiger partial charge in [-0.25, -0.2) is 0 Å². The van der Waals surface area contributed by atoms with Crippen LogP contribution >= 0.6 is 0 Å². The molecule has 2 aromatic carbocycles. The Bertz CT molecular complexity index is 1280. The number of benzene rings is 2. The summed E-state index contributed by atoms with van der Waals surface area (Å²) >= 11 is 0. The van der Waals surface area contributed by atoms with Crippen molar-refractivity contribution in [2.75, 3.05) is 64.3 Å². The Hall–Kier alpha value is -3.75. The molecule has 0 bridgehead atoms. The second-order valence-corrected chi connectivity index (χ2v) is 11.0. The van der Waals surface area contributed by atoms with Crippen LogP contribution in [0.1, 0.15) is 56.7 Å². The summed E-state index contributed by atoms with van der Waals surface area (Å²) in [6, 6.07) is 15.4. The fraction of sp³-hybridized carbons (Fsp3) is 0.500. The molecule has 1 N–H and O–H groups in total. The molecule has 10 nitrogen and oxygen atoms in total. The maximum absolute atomic E-state index is 13.2. The zero-order valence-electron chi connectivity index (χ0n) is 26.0. The van der Waals surface area contributed by atoms with Crippen LogP contribution < -0.4 is 10.2 Å². The van der Waals surface area contributed by atoms with E-state index in [4.69, 9.17) is 23.7 Å². The van der Waals surface area contributed by atoms with Gasteiger partial charge in [-0.05, 0) is 44.5 Å². The minimum absolute atomic E-state index is 0.0839. The average molecular weight is 609 g/mol. The number of hydrogen-bond acceptors (Lipinski definition) is 8. The summed E-state index contributed by atoms with van der Waals surface area (Å²) in [4.78, 5) is 38.8. The lowest BCUT2D eigenvalue weighted by Crippen LogP contribution is -2.35. The quantitative estimate of drug-likeness (QED) is 0.155. The molecule has 2 aromatic rings. The molecule has 2 amide bonds. The van der Waals surface area contributed by atoms with Crippen LogP contribution in [-0.4, -0.2) is 82.8 Å². The van der Waals surface area contributed by atoms with Crippen molar-refractivity contribution in [3.63, 3.8) is 0 Å². The molecule has 1 aliphatic rings. The van der Waals surface area contributed by atoms with Gasteiger partial charge in [0, 0.05) is 30.5 Å². The zero-order chi connectivity index (χ0) is 31.6. The molecule has 0 radical (unpaired) electrons. The predicted octanol–water partition coefficient (Wildman–Crippen LogP) is 3.63. The highest BCUT2D eigenvalue weighted by Gasteiger charge is 2.21. The lowest BCUT2D eigenvalue weighted by Gasteiger charge is -2.26. The number of fused-ring (bicyclic) bond motifs is 2. The van der Waals surface area contributed by atoms with Crippen LogP contribution in [0.5, 0.6) is 0 Å². The number of carbonyl (C=O) groups excluding carboxylic acids is 3. The molecule has 0 unspecified atom stereocenters. The SMILES string of the molecule is CC(C)(C)OC(=O)CCOCCOCCOCCOCCC(=O)NCCC(=O)N1Cc2ccccc2C#Cc2ccccc21. The van der Waals surface area contributed by atoms with Crippen molar-refractivity contribution in [2.45, 2.75) is 52.2 Å². The molecule has 0 saturated heterocycles. The van der Waals surface area contributed by atoms with Crippen molar-refractivity contribution in [3.8, 4) is 11.8 Å². The number of hydrogen-bond donors (Lipinski definition) is 1. The molecule has 0 spiro atoms. The first-order valence-corrected chi connectivity index (χ1v) is 15.0. The topological polar surface area (TPSA) is 113 Å². The minimum Gasteiger partial charge on any atom is -0.460 e. The maximum Gasteiger partial charge on any atom is 0.308 e. The van der Waals surface area contributed by atoms with Crippen molar-refractivity contribution >= 4 is 23.5 Å². The Morgan fingerprint density at radius 2 is 1.27 bits per heavy atom. The second-order valence-electron chi connectivity index (χ2n) is 11.0. The van der Waals surface area contributed by atoms with Crippen LogP contribution in [0.25, 0.3) is 0 Å². The summed E-state index contributed by atoms with van der Waals surface area (Å²) in [5.41, 5.74) is 2.97. The van der Waals surface area contributed by atoms with Crippen molar-refractivity contribution < 1.29 is 38.1 Å². The number of nitrogens with one attached hydrogen (secondary N) is 1. The lowest BCUT2D eigenvalue weighted by atomic mass is 10.0. The molecule has 0 saturated carbocycles. The Morgan fingerprint density at radius 3 is 1.93 bits per heavy atom. The van der Waals surface area contributed by atoms with Crippen LogP contribution in [-0.2, 0) is 44.6 Å². The van der Waals surface area contributed by atoms with Crippen molar-refractivity contribution in [1.82, 2.24) is 5.32 Å². The van der Waals surface area contributed by atoms with E-state index in [0.29, 0.717) is 52.8 Å². The number of anilines is 1. The number of esters is 1. The molecule has 3 rings (SSSR count). The lowest BCUT2D eigenvalue weighted by molar-refractivity contribution is -0.156. The Morgan fingerprint density at radius 1 is 0.727 bits per heavy atom. The summed E-state index contributed by atoms with van der Waals surface area (Å²) in [5, 5.41) is 2.81. The smallest absolute Gasteiger partial charge is 0.308 e. The van der Waals surface area contributed by atoms with Gasteiger partial charge in [-0.3, -0.25) is 14.4 Å². The largest absolute Gasteiger partial charge is 0.460 e. The van der Waals surface area contributed by atoms with E-state index in [-0.39, 0.29) is 50.2 Å². The van der Waals surface area contributed by atoms with E-state index < -0.39 is 5.60 Å². The molecule has 0 atom stereocenters. The molecule has 238 valence electrons. The molecular formula is C34H44N2O8. The molecule has 10 heteroatoms. The normalized spacial score (nSPS) is 12.2. The van der Waals surface area contributed by atoms with Gasteiger partial charge in [0.2, 0.25) is 11.8 Å². The van der Waals surface area contributed by atoms with Gasteiger partial charge in [0.15, 0.2) is 0 Å². The number of amides is 2. The number of carbonyl (C=O) groups is 3. The number of ether oxygens (including phenoxy) is 5.